The minimum atomic E-state index is 0.658. The molecule has 12 heavy (non-hydrogen) atoms. The molecule has 72 valence electrons. The van der Waals surface area contributed by atoms with E-state index >= 15 is 0 Å². The summed E-state index contributed by atoms with van der Waals surface area (Å²) in [4.78, 5) is 0. The molecule has 0 bridgehead atoms. The third-order valence-electron chi connectivity index (χ3n) is 2.81. The van der Waals surface area contributed by atoms with Crippen molar-refractivity contribution in [2.75, 3.05) is 6.54 Å². The van der Waals surface area contributed by atoms with E-state index in [2.05, 4.69) is 33.0 Å². The van der Waals surface area contributed by atoms with Crippen LogP contribution in [-0.2, 0) is 0 Å². The quantitative estimate of drug-likeness (QED) is 0.667. The van der Waals surface area contributed by atoms with Gasteiger partial charge in [-0.05, 0) is 37.5 Å². The van der Waals surface area contributed by atoms with Crippen molar-refractivity contribution in [3.63, 3.8) is 0 Å². The lowest BCUT2D eigenvalue weighted by Crippen LogP contribution is -2.31. The van der Waals surface area contributed by atoms with Crippen molar-refractivity contribution in [1.82, 2.24) is 5.32 Å². The minimum Gasteiger partial charge on any atom is -0.314 e. The zero-order valence-electron chi connectivity index (χ0n) is 8.98. The maximum Gasteiger partial charge on any atom is 0.00413 e. The molecule has 0 aromatic heterocycles. The normalized spacial score (nSPS) is 22.8. The highest BCUT2D eigenvalue weighted by atomic mass is 14.9. The van der Waals surface area contributed by atoms with Gasteiger partial charge >= 0.3 is 0 Å². The highest BCUT2D eigenvalue weighted by Gasteiger charge is 2.36. The summed E-state index contributed by atoms with van der Waals surface area (Å²) in [6.07, 6.45) is 4.15. The predicted octanol–water partition coefficient (Wildman–Crippen LogP) is 2.81. The highest BCUT2D eigenvalue weighted by Crippen LogP contribution is 2.44. The third kappa shape index (κ3) is 3.57. The second-order valence-corrected chi connectivity index (χ2v) is 5.22. The van der Waals surface area contributed by atoms with E-state index in [4.69, 9.17) is 0 Å². The predicted molar refractivity (Wildman–Crippen MR) is 54.3 cm³/mol. The third-order valence-corrected chi connectivity index (χ3v) is 2.81. The molecule has 1 rings (SSSR count). The van der Waals surface area contributed by atoms with Gasteiger partial charge in [0.2, 0.25) is 0 Å². The summed E-state index contributed by atoms with van der Waals surface area (Å²) in [6.45, 7) is 10.5. The summed E-state index contributed by atoms with van der Waals surface area (Å²) >= 11 is 0. The van der Waals surface area contributed by atoms with E-state index in [9.17, 15) is 0 Å². The van der Waals surface area contributed by atoms with Gasteiger partial charge in [0.1, 0.15) is 0 Å². The van der Waals surface area contributed by atoms with Gasteiger partial charge in [0.25, 0.3) is 0 Å². The lowest BCUT2D eigenvalue weighted by molar-refractivity contribution is 0.398. The first-order chi connectivity index (χ1) is 5.52. The maximum atomic E-state index is 3.62. The van der Waals surface area contributed by atoms with Crippen LogP contribution in [0.2, 0.25) is 0 Å². The molecule has 1 aliphatic carbocycles. The van der Waals surface area contributed by atoms with Gasteiger partial charge in [-0.15, -0.1) is 0 Å². The molecule has 1 heteroatoms. The molecule has 0 amide bonds. The fourth-order valence-corrected chi connectivity index (χ4v) is 1.60. The molecule has 1 N–H and O–H groups in total. The van der Waals surface area contributed by atoms with Crippen molar-refractivity contribution in [1.29, 1.82) is 0 Å². The van der Waals surface area contributed by atoms with Crippen LogP contribution in [0.15, 0.2) is 0 Å². The summed E-state index contributed by atoms with van der Waals surface area (Å²) in [5, 5.41) is 3.62. The Labute approximate surface area is 76.9 Å². The summed E-state index contributed by atoms with van der Waals surface area (Å²) in [5.41, 5.74) is 0.658. The molecule has 1 nitrogen and oxygen atoms in total. The maximum absolute atomic E-state index is 3.62. The van der Waals surface area contributed by atoms with E-state index in [0.29, 0.717) is 11.5 Å². The van der Waals surface area contributed by atoms with Crippen LogP contribution in [0.25, 0.3) is 0 Å². The molecule has 1 unspecified atom stereocenters. The molecule has 0 spiro atoms. The van der Waals surface area contributed by atoms with Gasteiger partial charge in [-0.25, -0.2) is 0 Å². The largest absolute Gasteiger partial charge is 0.314 e. The summed E-state index contributed by atoms with van der Waals surface area (Å²) in [6, 6.07) is 0.697. The molecule has 0 radical (unpaired) electrons. The molecule has 0 saturated heterocycles. The Bertz CT molecular complexity index is 136. The van der Waals surface area contributed by atoms with Gasteiger partial charge in [-0.3, -0.25) is 0 Å². The van der Waals surface area contributed by atoms with E-state index < -0.39 is 0 Å². The van der Waals surface area contributed by atoms with Crippen LogP contribution < -0.4 is 5.32 Å². The van der Waals surface area contributed by atoms with Crippen LogP contribution in [-0.4, -0.2) is 12.6 Å². The minimum absolute atomic E-state index is 0.658. The van der Waals surface area contributed by atoms with Crippen LogP contribution in [0.3, 0.4) is 0 Å². The van der Waals surface area contributed by atoms with Crippen molar-refractivity contribution in [2.45, 2.75) is 53.0 Å². The topological polar surface area (TPSA) is 12.0 Å². The zero-order valence-corrected chi connectivity index (χ0v) is 8.98. The number of hydrogen-bond donors (Lipinski definition) is 1. The van der Waals surface area contributed by atoms with Crippen LogP contribution in [0.5, 0.6) is 0 Å². The molecule has 1 aliphatic rings. The number of nitrogens with one attached hydrogen (secondary N) is 1. The van der Waals surface area contributed by atoms with Gasteiger partial charge in [-0.2, -0.15) is 0 Å². The fraction of sp³-hybridized carbons (Fsp3) is 1.00. The van der Waals surface area contributed by atoms with Gasteiger partial charge in [-0.1, -0.05) is 20.8 Å². The Morgan fingerprint density at radius 2 is 1.83 bits per heavy atom. The Kier molecular flexibility index (Phi) is 3.16. The monoisotopic (exact) mass is 169 g/mol. The summed E-state index contributed by atoms with van der Waals surface area (Å²) < 4.78 is 0. The van der Waals surface area contributed by atoms with Crippen molar-refractivity contribution in [3.8, 4) is 0 Å². The van der Waals surface area contributed by atoms with Crippen molar-refractivity contribution < 1.29 is 0 Å². The van der Waals surface area contributed by atoms with E-state index in [1.165, 1.54) is 25.8 Å². The molecule has 0 aromatic rings. The van der Waals surface area contributed by atoms with Crippen LogP contribution >= 0.6 is 0 Å². The SMILES string of the molecule is CC(C)CC(C)NCC1(C)CC1. The molecule has 0 heterocycles. The van der Waals surface area contributed by atoms with E-state index in [1.807, 2.05) is 0 Å². The first-order valence-electron chi connectivity index (χ1n) is 5.25. The smallest absolute Gasteiger partial charge is 0.00413 e. The van der Waals surface area contributed by atoms with Crippen LogP contribution in [0, 0.1) is 11.3 Å². The second-order valence-electron chi connectivity index (χ2n) is 5.22. The molecular formula is C11H23N. The molecule has 0 aromatic carbocycles. The highest BCUT2D eigenvalue weighted by molar-refractivity contribution is 4.90. The van der Waals surface area contributed by atoms with Crippen LogP contribution in [0.4, 0.5) is 0 Å². The van der Waals surface area contributed by atoms with Crippen molar-refractivity contribution >= 4 is 0 Å². The van der Waals surface area contributed by atoms with Gasteiger partial charge in [0.05, 0.1) is 0 Å². The zero-order chi connectivity index (χ0) is 9.19. The molecule has 1 atom stereocenters. The number of rotatable bonds is 5. The lowest BCUT2D eigenvalue weighted by atomic mass is 10.0. The van der Waals surface area contributed by atoms with Crippen LogP contribution in [0.1, 0.15) is 47.0 Å². The van der Waals surface area contributed by atoms with E-state index in [1.54, 1.807) is 0 Å². The van der Waals surface area contributed by atoms with Gasteiger partial charge in [0, 0.05) is 12.6 Å². The summed E-state index contributed by atoms with van der Waals surface area (Å²) in [5.74, 6) is 0.819. The van der Waals surface area contributed by atoms with E-state index in [0.717, 1.165) is 5.92 Å². The van der Waals surface area contributed by atoms with Crippen molar-refractivity contribution in [3.05, 3.63) is 0 Å². The first-order valence-corrected chi connectivity index (χ1v) is 5.25. The standard InChI is InChI=1S/C11H23N/c1-9(2)7-10(3)12-8-11(4)5-6-11/h9-10,12H,5-8H2,1-4H3. The van der Waals surface area contributed by atoms with Gasteiger partial charge in [0.15, 0.2) is 0 Å². The van der Waals surface area contributed by atoms with E-state index in [-0.39, 0.29) is 0 Å². The molecule has 1 fully saturated rings. The fourth-order valence-electron chi connectivity index (χ4n) is 1.60. The molecule has 1 saturated carbocycles. The molecular weight excluding hydrogens is 146 g/mol. The molecule has 0 aliphatic heterocycles. The van der Waals surface area contributed by atoms with Gasteiger partial charge < -0.3 is 5.32 Å². The Morgan fingerprint density at radius 3 is 2.25 bits per heavy atom. The van der Waals surface area contributed by atoms with Crippen molar-refractivity contribution in [2.24, 2.45) is 11.3 Å². The summed E-state index contributed by atoms with van der Waals surface area (Å²) in [7, 11) is 0. The lowest BCUT2D eigenvalue weighted by Gasteiger charge is -2.18. The average Bonchev–Trinajstić information content (AvgIpc) is 2.64. The Balaban J connectivity index is 2.06. The first kappa shape index (κ1) is 10.0. The second kappa shape index (κ2) is 3.78. The average molecular weight is 169 g/mol. The Morgan fingerprint density at radius 1 is 1.25 bits per heavy atom. The number of hydrogen-bond acceptors (Lipinski definition) is 1. The Hall–Kier alpha value is -0.0400.